The number of carbonyl (C=O) groups is 1. The van der Waals surface area contributed by atoms with Gasteiger partial charge in [0.05, 0.1) is 0 Å². The molecule has 0 aromatic heterocycles. The van der Waals surface area contributed by atoms with E-state index in [1.807, 2.05) is 18.2 Å². The van der Waals surface area contributed by atoms with Crippen molar-refractivity contribution in [1.82, 2.24) is 0 Å². The largest absolute Gasteiger partial charge is 0.371 e. The SMILES string of the molecule is CCCCC(=O)c1ccccc1N1CCCC1. The van der Waals surface area contributed by atoms with Gasteiger partial charge in [-0.3, -0.25) is 4.79 Å². The Morgan fingerprint density at radius 3 is 2.65 bits per heavy atom. The number of nitrogens with zero attached hydrogens (tertiary/aromatic N) is 1. The minimum atomic E-state index is 0.300. The van der Waals surface area contributed by atoms with Crippen LogP contribution in [0.5, 0.6) is 0 Å². The highest BCUT2D eigenvalue weighted by Crippen LogP contribution is 2.25. The molecule has 0 radical (unpaired) electrons. The van der Waals surface area contributed by atoms with Crippen LogP contribution in [0.15, 0.2) is 24.3 Å². The second kappa shape index (κ2) is 5.85. The summed E-state index contributed by atoms with van der Waals surface area (Å²) in [6, 6.07) is 8.07. The van der Waals surface area contributed by atoms with Crippen molar-refractivity contribution in [3.63, 3.8) is 0 Å². The highest BCUT2D eigenvalue weighted by Gasteiger charge is 2.18. The van der Waals surface area contributed by atoms with Gasteiger partial charge in [0.1, 0.15) is 0 Å². The molecule has 2 heteroatoms. The van der Waals surface area contributed by atoms with E-state index < -0.39 is 0 Å². The van der Waals surface area contributed by atoms with Crippen molar-refractivity contribution < 1.29 is 4.79 Å². The Hall–Kier alpha value is -1.31. The van der Waals surface area contributed by atoms with Crippen LogP contribution in [0.3, 0.4) is 0 Å². The Balaban J connectivity index is 2.17. The first-order valence-electron chi connectivity index (χ1n) is 6.70. The number of rotatable bonds is 5. The van der Waals surface area contributed by atoms with Gasteiger partial charge in [-0.15, -0.1) is 0 Å². The van der Waals surface area contributed by atoms with E-state index in [9.17, 15) is 4.79 Å². The van der Waals surface area contributed by atoms with Crippen LogP contribution < -0.4 is 4.90 Å². The van der Waals surface area contributed by atoms with E-state index in [4.69, 9.17) is 0 Å². The van der Waals surface area contributed by atoms with Crippen molar-refractivity contribution in [2.75, 3.05) is 18.0 Å². The molecule has 1 heterocycles. The first-order valence-corrected chi connectivity index (χ1v) is 6.70. The minimum absolute atomic E-state index is 0.300. The summed E-state index contributed by atoms with van der Waals surface area (Å²) in [4.78, 5) is 14.5. The second-order valence-corrected chi connectivity index (χ2v) is 4.74. The molecule has 0 unspecified atom stereocenters. The topological polar surface area (TPSA) is 20.3 Å². The van der Waals surface area contributed by atoms with Crippen molar-refractivity contribution >= 4 is 11.5 Å². The van der Waals surface area contributed by atoms with Gasteiger partial charge >= 0.3 is 0 Å². The summed E-state index contributed by atoms with van der Waals surface area (Å²) in [6.07, 6.45) is 5.25. The van der Waals surface area contributed by atoms with Crippen LogP contribution in [0.25, 0.3) is 0 Å². The molecule has 1 aliphatic heterocycles. The molecular weight excluding hydrogens is 210 g/mol. The Kier molecular flexibility index (Phi) is 4.18. The van der Waals surface area contributed by atoms with Gasteiger partial charge in [0, 0.05) is 30.8 Å². The molecule has 2 nitrogen and oxygen atoms in total. The van der Waals surface area contributed by atoms with E-state index in [0.717, 1.165) is 37.2 Å². The van der Waals surface area contributed by atoms with Gasteiger partial charge in [0.25, 0.3) is 0 Å². The Morgan fingerprint density at radius 2 is 1.94 bits per heavy atom. The third-order valence-electron chi connectivity index (χ3n) is 3.41. The number of anilines is 1. The van der Waals surface area contributed by atoms with Crippen LogP contribution in [-0.2, 0) is 0 Å². The van der Waals surface area contributed by atoms with Gasteiger partial charge in [-0.2, -0.15) is 0 Å². The summed E-state index contributed by atoms with van der Waals surface area (Å²) in [5.41, 5.74) is 2.06. The van der Waals surface area contributed by atoms with Gasteiger partial charge in [0.15, 0.2) is 5.78 Å². The molecule has 1 saturated heterocycles. The second-order valence-electron chi connectivity index (χ2n) is 4.74. The zero-order valence-electron chi connectivity index (χ0n) is 10.6. The number of carbonyl (C=O) groups excluding carboxylic acids is 1. The molecule has 1 aromatic rings. The number of para-hydroxylation sites is 1. The molecule has 92 valence electrons. The highest BCUT2D eigenvalue weighted by atomic mass is 16.1. The average Bonchev–Trinajstić information content (AvgIpc) is 2.89. The smallest absolute Gasteiger partial charge is 0.164 e. The van der Waals surface area contributed by atoms with Crippen molar-refractivity contribution in [3.05, 3.63) is 29.8 Å². The Morgan fingerprint density at radius 1 is 1.24 bits per heavy atom. The number of ketones is 1. The predicted octanol–water partition coefficient (Wildman–Crippen LogP) is 3.66. The van der Waals surface area contributed by atoms with Crippen LogP contribution in [0, 0.1) is 0 Å². The van der Waals surface area contributed by atoms with Crippen molar-refractivity contribution in [2.24, 2.45) is 0 Å². The molecular formula is C15H21NO. The van der Waals surface area contributed by atoms with Gasteiger partial charge in [-0.05, 0) is 31.4 Å². The fraction of sp³-hybridized carbons (Fsp3) is 0.533. The monoisotopic (exact) mass is 231 g/mol. The summed E-state index contributed by atoms with van der Waals surface area (Å²) in [5, 5.41) is 0. The number of benzene rings is 1. The van der Waals surface area contributed by atoms with Crippen molar-refractivity contribution in [1.29, 1.82) is 0 Å². The minimum Gasteiger partial charge on any atom is -0.371 e. The number of hydrogen-bond acceptors (Lipinski definition) is 2. The third-order valence-corrected chi connectivity index (χ3v) is 3.41. The molecule has 1 aromatic carbocycles. The molecule has 1 aliphatic rings. The molecule has 0 amide bonds. The maximum Gasteiger partial charge on any atom is 0.164 e. The molecule has 0 saturated carbocycles. The molecule has 0 bridgehead atoms. The van der Waals surface area contributed by atoms with Crippen LogP contribution >= 0.6 is 0 Å². The van der Waals surface area contributed by atoms with E-state index in [1.54, 1.807) is 0 Å². The number of unbranched alkanes of at least 4 members (excludes halogenated alkanes) is 1. The first kappa shape index (κ1) is 12.2. The summed E-state index contributed by atoms with van der Waals surface area (Å²) < 4.78 is 0. The third kappa shape index (κ3) is 2.87. The number of hydrogen-bond donors (Lipinski definition) is 0. The van der Waals surface area contributed by atoms with Crippen LogP contribution in [0.1, 0.15) is 49.4 Å². The lowest BCUT2D eigenvalue weighted by Gasteiger charge is -2.20. The normalized spacial score (nSPS) is 15.2. The lowest BCUT2D eigenvalue weighted by Crippen LogP contribution is -2.20. The van der Waals surface area contributed by atoms with E-state index in [0.29, 0.717) is 12.2 Å². The predicted molar refractivity (Wildman–Crippen MR) is 71.7 cm³/mol. The fourth-order valence-electron chi connectivity index (χ4n) is 2.42. The van der Waals surface area contributed by atoms with Crippen molar-refractivity contribution in [2.45, 2.75) is 39.0 Å². The lowest BCUT2D eigenvalue weighted by atomic mass is 10.0. The lowest BCUT2D eigenvalue weighted by molar-refractivity contribution is 0.0980. The first-order chi connectivity index (χ1) is 8.33. The highest BCUT2D eigenvalue weighted by molar-refractivity contribution is 6.01. The molecule has 2 rings (SSSR count). The summed E-state index contributed by atoms with van der Waals surface area (Å²) in [5.74, 6) is 0.300. The van der Waals surface area contributed by atoms with E-state index in [-0.39, 0.29) is 0 Å². The summed E-state index contributed by atoms with van der Waals surface area (Å²) in [7, 11) is 0. The van der Waals surface area contributed by atoms with Gasteiger partial charge < -0.3 is 4.90 Å². The zero-order chi connectivity index (χ0) is 12.1. The molecule has 0 aliphatic carbocycles. The molecule has 0 spiro atoms. The van der Waals surface area contributed by atoms with E-state index >= 15 is 0 Å². The van der Waals surface area contributed by atoms with E-state index in [2.05, 4.69) is 17.9 Å². The molecule has 0 atom stereocenters. The Bertz CT molecular complexity index is 380. The van der Waals surface area contributed by atoms with Crippen LogP contribution in [0.2, 0.25) is 0 Å². The average molecular weight is 231 g/mol. The van der Waals surface area contributed by atoms with Crippen molar-refractivity contribution in [3.8, 4) is 0 Å². The number of Topliss-reactive ketones (excluding diaryl/α,β-unsaturated/α-hetero) is 1. The molecule has 0 N–H and O–H groups in total. The quantitative estimate of drug-likeness (QED) is 0.721. The standard InChI is InChI=1S/C15H21NO/c1-2-3-10-15(17)13-8-4-5-9-14(13)16-11-6-7-12-16/h4-5,8-9H,2-3,6-7,10-12H2,1H3. The van der Waals surface area contributed by atoms with Gasteiger partial charge in [-0.25, -0.2) is 0 Å². The fourth-order valence-corrected chi connectivity index (χ4v) is 2.42. The van der Waals surface area contributed by atoms with Gasteiger partial charge in [0.2, 0.25) is 0 Å². The molecule has 17 heavy (non-hydrogen) atoms. The summed E-state index contributed by atoms with van der Waals surface area (Å²) in [6.45, 7) is 4.32. The van der Waals surface area contributed by atoms with Crippen LogP contribution in [-0.4, -0.2) is 18.9 Å². The zero-order valence-corrected chi connectivity index (χ0v) is 10.6. The molecule has 1 fully saturated rings. The van der Waals surface area contributed by atoms with Gasteiger partial charge in [-0.1, -0.05) is 25.5 Å². The maximum atomic E-state index is 12.2. The maximum absolute atomic E-state index is 12.2. The Labute approximate surface area is 104 Å². The van der Waals surface area contributed by atoms with E-state index in [1.165, 1.54) is 12.8 Å². The van der Waals surface area contributed by atoms with Crippen LogP contribution in [0.4, 0.5) is 5.69 Å². The summed E-state index contributed by atoms with van der Waals surface area (Å²) >= 11 is 0.